The van der Waals surface area contributed by atoms with Crippen molar-refractivity contribution in [3.63, 3.8) is 0 Å². The molecule has 4 aromatic rings. The molecule has 110 valence electrons. The normalized spacial score (nSPS) is 11.4. The molecule has 0 aliphatic carbocycles. The van der Waals surface area contributed by atoms with Crippen molar-refractivity contribution < 1.29 is 0 Å². The van der Waals surface area contributed by atoms with Crippen LogP contribution in [0.4, 0.5) is 0 Å². The minimum absolute atomic E-state index is 0.902. The topological polar surface area (TPSA) is 40.6 Å². The summed E-state index contributed by atoms with van der Waals surface area (Å²) in [6.45, 7) is 1.99. The standard InChI is InChI=1S/C17H17N5/c1-12-19-11-16(21(12)3)17-18-8-10-22(17)15-6-4-5-14-13(15)7-9-20(14)2/h4-11H,1-3H3. The van der Waals surface area contributed by atoms with Gasteiger partial charge in [-0.25, -0.2) is 9.97 Å². The van der Waals surface area contributed by atoms with Crippen LogP contribution in [0.25, 0.3) is 28.1 Å². The third kappa shape index (κ3) is 1.72. The predicted molar refractivity (Wildman–Crippen MR) is 87.0 cm³/mol. The number of imidazole rings is 2. The summed E-state index contributed by atoms with van der Waals surface area (Å²) in [5.74, 6) is 1.88. The molecule has 0 unspecified atom stereocenters. The lowest BCUT2D eigenvalue weighted by atomic mass is 10.2. The molecule has 5 heteroatoms. The van der Waals surface area contributed by atoms with Crippen LogP contribution in [0.1, 0.15) is 5.82 Å². The Morgan fingerprint density at radius 1 is 1.00 bits per heavy atom. The number of fused-ring (bicyclic) bond motifs is 1. The highest BCUT2D eigenvalue weighted by molar-refractivity contribution is 5.89. The van der Waals surface area contributed by atoms with Gasteiger partial charge in [-0.15, -0.1) is 0 Å². The van der Waals surface area contributed by atoms with Gasteiger partial charge in [0.25, 0.3) is 0 Å². The van der Waals surface area contributed by atoms with Gasteiger partial charge >= 0.3 is 0 Å². The molecule has 0 saturated heterocycles. The summed E-state index contributed by atoms with van der Waals surface area (Å²) >= 11 is 0. The molecular formula is C17H17N5. The molecule has 0 radical (unpaired) electrons. The monoisotopic (exact) mass is 291 g/mol. The fourth-order valence-corrected chi connectivity index (χ4v) is 2.89. The average Bonchev–Trinajstić information content (AvgIpc) is 3.21. The third-order valence-electron chi connectivity index (χ3n) is 4.25. The van der Waals surface area contributed by atoms with Crippen LogP contribution in [0.2, 0.25) is 0 Å². The molecule has 0 fully saturated rings. The van der Waals surface area contributed by atoms with Gasteiger partial charge in [0.2, 0.25) is 0 Å². The number of aromatic nitrogens is 5. The van der Waals surface area contributed by atoms with Crippen molar-refractivity contribution in [3.05, 3.63) is 54.9 Å². The molecule has 1 aromatic carbocycles. The molecule has 3 aromatic heterocycles. The van der Waals surface area contributed by atoms with E-state index >= 15 is 0 Å². The van der Waals surface area contributed by atoms with Gasteiger partial charge in [-0.1, -0.05) is 6.07 Å². The van der Waals surface area contributed by atoms with E-state index in [0.29, 0.717) is 0 Å². The number of aryl methyl sites for hydroxylation is 2. The Kier molecular flexibility index (Phi) is 2.69. The zero-order valence-electron chi connectivity index (χ0n) is 12.9. The van der Waals surface area contributed by atoms with Gasteiger partial charge in [0.15, 0.2) is 5.82 Å². The maximum Gasteiger partial charge on any atom is 0.162 e. The van der Waals surface area contributed by atoms with Gasteiger partial charge in [-0.3, -0.25) is 4.57 Å². The van der Waals surface area contributed by atoms with E-state index in [-0.39, 0.29) is 0 Å². The van der Waals surface area contributed by atoms with Crippen molar-refractivity contribution in [1.29, 1.82) is 0 Å². The van der Waals surface area contributed by atoms with E-state index < -0.39 is 0 Å². The van der Waals surface area contributed by atoms with E-state index in [4.69, 9.17) is 0 Å². The molecule has 22 heavy (non-hydrogen) atoms. The minimum atomic E-state index is 0.902. The van der Waals surface area contributed by atoms with Crippen molar-refractivity contribution in [3.8, 4) is 17.2 Å². The van der Waals surface area contributed by atoms with Crippen molar-refractivity contribution in [2.45, 2.75) is 6.92 Å². The summed E-state index contributed by atoms with van der Waals surface area (Å²) in [5.41, 5.74) is 3.35. The van der Waals surface area contributed by atoms with Crippen molar-refractivity contribution >= 4 is 10.9 Å². The molecule has 0 amide bonds. The first-order valence-electron chi connectivity index (χ1n) is 7.23. The Morgan fingerprint density at radius 3 is 2.64 bits per heavy atom. The summed E-state index contributed by atoms with van der Waals surface area (Å²) < 4.78 is 6.31. The lowest BCUT2D eigenvalue weighted by Gasteiger charge is -2.10. The van der Waals surface area contributed by atoms with Gasteiger partial charge in [0.1, 0.15) is 11.5 Å². The van der Waals surface area contributed by atoms with Gasteiger partial charge < -0.3 is 9.13 Å². The molecule has 0 aliphatic heterocycles. The second-order valence-corrected chi connectivity index (χ2v) is 5.51. The van der Waals surface area contributed by atoms with Gasteiger partial charge in [0, 0.05) is 43.6 Å². The van der Waals surface area contributed by atoms with Crippen molar-refractivity contribution in [2.24, 2.45) is 14.1 Å². The summed E-state index contributed by atoms with van der Waals surface area (Å²) in [5, 5.41) is 1.21. The zero-order valence-corrected chi connectivity index (χ0v) is 12.9. The molecule has 0 N–H and O–H groups in total. The van der Waals surface area contributed by atoms with Crippen LogP contribution in [0, 0.1) is 6.92 Å². The second-order valence-electron chi connectivity index (χ2n) is 5.51. The van der Waals surface area contributed by atoms with E-state index in [1.165, 1.54) is 10.9 Å². The van der Waals surface area contributed by atoms with Crippen LogP contribution in [0.3, 0.4) is 0 Å². The van der Waals surface area contributed by atoms with Crippen molar-refractivity contribution in [1.82, 2.24) is 23.7 Å². The Bertz CT molecular complexity index is 970. The Labute approximate surface area is 128 Å². The molecule has 0 atom stereocenters. The summed E-state index contributed by atoms with van der Waals surface area (Å²) in [6.07, 6.45) is 7.79. The summed E-state index contributed by atoms with van der Waals surface area (Å²) in [7, 11) is 4.07. The molecule has 0 aliphatic rings. The smallest absolute Gasteiger partial charge is 0.162 e. The molecule has 0 bridgehead atoms. The van der Waals surface area contributed by atoms with E-state index in [1.807, 2.05) is 32.6 Å². The largest absolute Gasteiger partial charge is 0.350 e. The SMILES string of the molecule is Cc1ncc(-c2nccn2-c2cccc3c2ccn3C)n1C. The van der Waals surface area contributed by atoms with E-state index in [2.05, 4.69) is 61.2 Å². The summed E-state index contributed by atoms with van der Waals surface area (Å²) in [6, 6.07) is 8.47. The van der Waals surface area contributed by atoms with Crippen LogP contribution in [-0.4, -0.2) is 23.7 Å². The van der Waals surface area contributed by atoms with Crippen molar-refractivity contribution in [2.75, 3.05) is 0 Å². The highest BCUT2D eigenvalue weighted by Crippen LogP contribution is 2.27. The quantitative estimate of drug-likeness (QED) is 0.569. The van der Waals surface area contributed by atoms with Gasteiger partial charge in [0.05, 0.1) is 11.9 Å². The number of rotatable bonds is 2. The van der Waals surface area contributed by atoms with Gasteiger partial charge in [-0.2, -0.15) is 0 Å². The molecule has 0 saturated carbocycles. The lowest BCUT2D eigenvalue weighted by Crippen LogP contribution is -2.01. The fourth-order valence-electron chi connectivity index (χ4n) is 2.89. The van der Waals surface area contributed by atoms with Crippen LogP contribution in [0.5, 0.6) is 0 Å². The maximum absolute atomic E-state index is 4.55. The molecule has 3 heterocycles. The minimum Gasteiger partial charge on any atom is -0.350 e. The molecule has 4 rings (SSSR count). The number of benzene rings is 1. The first kappa shape index (κ1) is 12.9. The Hall–Kier alpha value is -2.82. The number of hydrogen-bond donors (Lipinski definition) is 0. The Morgan fingerprint density at radius 2 is 1.86 bits per heavy atom. The Balaban J connectivity index is 1.98. The first-order valence-corrected chi connectivity index (χ1v) is 7.23. The fraction of sp³-hybridized carbons (Fsp3) is 0.176. The lowest BCUT2D eigenvalue weighted by molar-refractivity contribution is 0.853. The van der Waals surface area contributed by atoms with Crippen LogP contribution >= 0.6 is 0 Å². The van der Waals surface area contributed by atoms with Crippen LogP contribution in [0.15, 0.2) is 49.1 Å². The highest BCUT2D eigenvalue weighted by Gasteiger charge is 2.14. The maximum atomic E-state index is 4.55. The average molecular weight is 291 g/mol. The molecular weight excluding hydrogens is 274 g/mol. The molecule has 0 spiro atoms. The first-order chi connectivity index (χ1) is 10.7. The predicted octanol–water partition coefficient (Wildman–Crippen LogP) is 3.07. The molecule has 5 nitrogen and oxygen atoms in total. The van der Waals surface area contributed by atoms with Crippen LogP contribution in [-0.2, 0) is 14.1 Å². The number of nitrogens with zero attached hydrogens (tertiary/aromatic N) is 5. The van der Waals surface area contributed by atoms with Crippen LogP contribution < -0.4 is 0 Å². The highest BCUT2D eigenvalue weighted by atomic mass is 15.1. The van der Waals surface area contributed by atoms with E-state index in [9.17, 15) is 0 Å². The second kappa shape index (κ2) is 4.59. The third-order valence-corrected chi connectivity index (χ3v) is 4.25. The van der Waals surface area contributed by atoms with E-state index in [0.717, 1.165) is 23.0 Å². The number of hydrogen-bond acceptors (Lipinski definition) is 2. The summed E-state index contributed by atoms with van der Waals surface area (Å²) in [4.78, 5) is 8.92. The van der Waals surface area contributed by atoms with E-state index in [1.54, 1.807) is 0 Å². The van der Waals surface area contributed by atoms with Gasteiger partial charge in [-0.05, 0) is 25.1 Å². The zero-order chi connectivity index (χ0) is 15.3.